The molecule has 0 radical (unpaired) electrons. The van der Waals surface area contributed by atoms with Crippen molar-refractivity contribution in [2.75, 3.05) is 19.7 Å². The lowest BCUT2D eigenvalue weighted by molar-refractivity contribution is 0.0275. The first-order valence-electron chi connectivity index (χ1n) is 10.8. The number of aromatic nitrogens is 4. The molecule has 1 aromatic heterocycles. The van der Waals surface area contributed by atoms with Gasteiger partial charge < -0.3 is 10.1 Å². The number of tetrazole rings is 1. The van der Waals surface area contributed by atoms with Gasteiger partial charge in [-0.3, -0.25) is 9.69 Å². The number of ether oxygens (including phenoxy) is 1. The zero-order valence-corrected chi connectivity index (χ0v) is 18.8. The number of fused-ring (bicyclic) bond motifs is 2. The molecule has 2 fully saturated rings. The molecule has 32 heavy (non-hydrogen) atoms. The molecule has 9 heteroatoms. The van der Waals surface area contributed by atoms with Crippen LogP contribution in [0.15, 0.2) is 42.7 Å². The van der Waals surface area contributed by atoms with Gasteiger partial charge in [-0.15, -0.1) is 5.10 Å². The van der Waals surface area contributed by atoms with E-state index in [4.69, 9.17) is 16.3 Å². The molecule has 8 nitrogen and oxygen atoms in total. The van der Waals surface area contributed by atoms with Gasteiger partial charge >= 0.3 is 0 Å². The van der Waals surface area contributed by atoms with Crippen LogP contribution in [0.4, 0.5) is 0 Å². The zero-order valence-electron chi connectivity index (χ0n) is 18.0. The summed E-state index contributed by atoms with van der Waals surface area (Å²) in [6.07, 6.45) is 2.94. The van der Waals surface area contributed by atoms with Crippen molar-refractivity contribution in [2.45, 2.75) is 38.5 Å². The van der Waals surface area contributed by atoms with E-state index in [0.29, 0.717) is 28.4 Å². The van der Waals surface area contributed by atoms with Crippen LogP contribution in [0.1, 0.15) is 29.3 Å². The Kier molecular flexibility index (Phi) is 5.67. The molecule has 0 unspecified atom stereocenters. The average molecular weight is 453 g/mol. The van der Waals surface area contributed by atoms with E-state index in [1.807, 2.05) is 44.2 Å². The second-order valence-corrected chi connectivity index (χ2v) is 9.09. The number of nitrogens with zero attached hydrogens (tertiary/aromatic N) is 5. The van der Waals surface area contributed by atoms with E-state index in [-0.39, 0.29) is 11.9 Å². The third kappa shape index (κ3) is 4.26. The number of halogens is 1. The smallest absolute Gasteiger partial charge is 0.251 e. The van der Waals surface area contributed by atoms with E-state index >= 15 is 0 Å². The van der Waals surface area contributed by atoms with Crippen molar-refractivity contribution >= 4 is 17.5 Å². The highest BCUT2D eigenvalue weighted by atomic mass is 35.5. The fourth-order valence-electron chi connectivity index (χ4n) is 4.57. The number of hydrogen-bond donors (Lipinski definition) is 1. The number of morpholine rings is 1. The van der Waals surface area contributed by atoms with Gasteiger partial charge in [-0.05, 0) is 66.1 Å². The van der Waals surface area contributed by atoms with Gasteiger partial charge in [-0.2, -0.15) is 0 Å². The third-order valence-electron chi connectivity index (χ3n) is 6.13. The molecule has 2 saturated heterocycles. The van der Waals surface area contributed by atoms with Gasteiger partial charge in [-0.1, -0.05) is 23.7 Å². The summed E-state index contributed by atoms with van der Waals surface area (Å²) in [7, 11) is 0. The Balaban J connectivity index is 1.40. The van der Waals surface area contributed by atoms with E-state index in [1.54, 1.807) is 6.07 Å². The van der Waals surface area contributed by atoms with Gasteiger partial charge in [0, 0.05) is 41.3 Å². The van der Waals surface area contributed by atoms with Crippen molar-refractivity contribution in [1.29, 1.82) is 0 Å². The van der Waals surface area contributed by atoms with Crippen LogP contribution in [-0.2, 0) is 4.74 Å². The monoisotopic (exact) mass is 452 g/mol. The number of nitrogens with one attached hydrogen (secondary N) is 1. The zero-order chi connectivity index (χ0) is 22.2. The average Bonchev–Trinajstić information content (AvgIpc) is 3.52. The fourth-order valence-corrected chi connectivity index (χ4v) is 4.92. The number of rotatable bonds is 6. The van der Waals surface area contributed by atoms with Crippen LogP contribution in [-0.4, -0.2) is 68.9 Å². The number of amides is 1. The van der Waals surface area contributed by atoms with Crippen LogP contribution < -0.4 is 5.32 Å². The molecule has 166 valence electrons. The van der Waals surface area contributed by atoms with E-state index in [2.05, 4.69) is 25.7 Å². The molecule has 0 aliphatic carbocycles. The van der Waals surface area contributed by atoms with E-state index < -0.39 is 0 Å². The summed E-state index contributed by atoms with van der Waals surface area (Å²) < 4.78 is 7.21. The molecule has 2 aliphatic heterocycles. The van der Waals surface area contributed by atoms with Crippen LogP contribution in [0.5, 0.6) is 0 Å². The van der Waals surface area contributed by atoms with Crippen molar-refractivity contribution in [3.05, 3.63) is 58.9 Å². The maximum atomic E-state index is 13.2. The summed E-state index contributed by atoms with van der Waals surface area (Å²) in [5, 5.41) is 15.2. The standard InChI is InChI=1S/C23H25ClN6O2/c1-14-3-4-21(22(24)5-14)16-6-17(8-18(7-16)30-13-25-27-28-30)23(31)26-15(2)10-29-11-20-9-19(29)12-32-20/h3-8,13,15,19-20H,9-12H2,1-2H3,(H,26,31)/t15-,19+,20+/m1/s1. The normalized spacial score (nSPS) is 21.1. The SMILES string of the molecule is Cc1ccc(-c2cc(C(=O)N[C@H](C)CN3C[C@@H]4C[C@H]3CO4)cc(-n3cnnn3)c2)c(Cl)c1. The molecule has 2 aliphatic rings. The predicted octanol–water partition coefficient (Wildman–Crippen LogP) is 2.88. The lowest BCUT2D eigenvalue weighted by Gasteiger charge is -2.29. The second kappa shape index (κ2) is 8.61. The molecule has 2 bridgehead atoms. The van der Waals surface area contributed by atoms with Gasteiger partial charge in [-0.25, -0.2) is 4.68 Å². The molecule has 5 rings (SSSR count). The first kappa shape index (κ1) is 21.1. The second-order valence-electron chi connectivity index (χ2n) is 8.68. The van der Waals surface area contributed by atoms with E-state index in [0.717, 1.165) is 42.8 Å². The van der Waals surface area contributed by atoms with Gasteiger partial charge in [0.05, 0.1) is 18.4 Å². The number of hydrogen-bond acceptors (Lipinski definition) is 6. The van der Waals surface area contributed by atoms with Gasteiger partial charge in [0.15, 0.2) is 0 Å². The Bertz CT molecular complexity index is 1140. The molecule has 3 aromatic rings. The molecule has 0 spiro atoms. The van der Waals surface area contributed by atoms with Crippen LogP contribution >= 0.6 is 11.6 Å². The van der Waals surface area contributed by atoms with Crippen molar-refractivity contribution in [3.8, 4) is 16.8 Å². The maximum Gasteiger partial charge on any atom is 0.251 e. The van der Waals surface area contributed by atoms with E-state index in [9.17, 15) is 4.79 Å². The van der Waals surface area contributed by atoms with Crippen molar-refractivity contribution < 1.29 is 9.53 Å². The van der Waals surface area contributed by atoms with Crippen LogP contribution in [0.25, 0.3) is 16.8 Å². The van der Waals surface area contributed by atoms with Crippen molar-refractivity contribution in [2.24, 2.45) is 0 Å². The van der Waals surface area contributed by atoms with Crippen molar-refractivity contribution in [1.82, 2.24) is 30.4 Å². The number of carbonyl (C=O) groups excluding carboxylic acids is 1. The largest absolute Gasteiger partial charge is 0.375 e. The fraction of sp³-hybridized carbons (Fsp3) is 0.391. The number of likely N-dealkylation sites (tertiary alicyclic amines) is 1. The molecule has 2 aromatic carbocycles. The summed E-state index contributed by atoms with van der Waals surface area (Å²) in [5.74, 6) is -0.141. The van der Waals surface area contributed by atoms with Crippen molar-refractivity contribution in [3.63, 3.8) is 0 Å². The number of carbonyl (C=O) groups is 1. The summed E-state index contributed by atoms with van der Waals surface area (Å²) in [4.78, 5) is 15.6. The Labute approximate surface area is 191 Å². The Morgan fingerprint density at radius 1 is 1.31 bits per heavy atom. The highest BCUT2D eigenvalue weighted by Crippen LogP contribution is 2.31. The summed E-state index contributed by atoms with van der Waals surface area (Å²) in [5.41, 5.74) is 3.97. The maximum absolute atomic E-state index is 13.2. The first-order chi connectivity index (χ1) is 15.5. The molecular formula is C23H25ClN6O2. The molecule has 0 saturated carbocycles. The highest BCUT2D eigenvalue weighted by Gasteiger charge is 2.39. The van der Waals surface area contributed by atoms with Gasteiger partial charge in [0.2, 0.25) is 0 Å². The molecular weight excluding hydrogens is 428 g/mol. The summed E-state index contributed by atoms with van der Waals surface area (Å²) >= 11 is 6.52. The topological polar surface area (TPSA) is 85.2 Å². The number of benzene rings is 2. The Hall–Kier alpha value is -2.81. The predicted molar refractivity (Wildman–Crippen MR) is 121 cm³/mol. The Morgan fingerprint density at radius 2 is 2.19 bits per heavy atom. The molecule has 1 amide bonds. The van der Waals surface area contributed by atoms with E-state index in [1.165, 1.54) is 11.0 Å². The molecule has 1 N–H and O–H groups in total. The quantitative estimate of drug-likeness (QED) is 0.619. The Morgan fingerprint density at radius 3 is 2.88 bits per heavy atom. The molecule has 3 atom stereocenters. The lowest BCUT2D eigenvalue weighted by Crippen LogP contribution is -2.46. The van der Waals surface area contributed by atoms with Crippen LogP contribution in [0.3, 0.4) is 0 Å². The first-order valence-corrected chi connectivity index (χ1v) is 11.2. The minimum absolute atomic E-state index is 0.00459. The number of aryl methyl sites for hydroxylation is 1. The third-order valence-corrected chi connectivity index (χ3v) is 6.44. The molecule has 3 heterocycles. The van der Waals surface area contributed by atoms with Gasteiger partial charge in [0.1, 0.15) is 6.33 Å². The summed E-state index contributed by atoms with van der Waals surface area (Å²) in [6, 6.07) is 11.9. The summed E-state index contributed by atoms with van der Waals surface area (Å²) in [6.45, 7) is 6.56. The van der Waals surface area contributed by atoms with Crippen LogP contribution in [0.2, 0.25) is 5.02 Å². The highest BCUT2D eigenvalue weighted by molar-refractivity contribution is 6.33. The lowest BCUT2D eigenvalue weighted by atomic mass is 10.00. The minimum Gasteiger partial charge on any atom is -0.375 e. The minimum atomic E-state index is -0.141. The van der Waals surface area contributed by atoms with Crippen LogP contribution in [0, 0.1) is 6.92 Å². The van der Waals surface area contributed by atoms with Gasteiger partial charge in [0.25, 0.3) is 5.91 Å².